The number of hydrogen-bond acceptors (Lipinski definition) is 5. The average molecular weight is 376 g/mol. The van der Waals surface area contributed by atoms with Gasteiger partial charge < -0.3 is 14.3 Å². The summed E-state index contributed by atoms with van der Waals surface area (Å²) in [7, 11) is 2.12. The number of carbonyl (C=O) groups excluding carboxylic acids is 1. The topological polar surface area (TPSA) is 62.5 Å². The highest BCUT2D eigenvalue weighted by Gasteiger charge is 2.32. The average Bonchev–Trinajstić information content (AvgIpc) is 3.22. The van der Waals surface area contributed by atoms with Crippen molar-refractivity contribution in [1.29, 1.82) is 0 Å². The third-order valence-corrected chi connectivity index (χ3v) is 5.30. The summed E-state index contributed by atoms with van der Waals surface area (Å²) in [5.41, 5.74) is 3.25. The van der Waals surface area contributed by atoms with E-state index < -0.39 is 0 Å². The number of para-hydroxylation sites is 1. The first-order valence-electron chi connectivity index (χ1n) is 9.59. The second-order valence-corrected chi connectivity index (χ2v) is 7.29. The molecule has 3 heterocycles. The standard InChI is InChI=1S/C22H24N4O2/c1-16-7-3-4-9-20(16)26(17-10-13-25(2)14-11-17)22(27)21-15-19(24-28-21)18-8-5-6-12-23-18/h3-9,12,15,17H,10-11,13-14H2,1-2H3. The number of nitrogens with zero attached hydrogens (tertiary/aromatic N) is 4. The van der Waals surface area contributed by atoms with E-state index in [1.165, 1.54) is 0 Å². The van der Waals surface area contributed by atoms with Gasteiger partial charge in [0.2, 0.25) is 5.76 Å². The number of anilines is 1. The van der Waals surface area contributed by atoms with Crippen molar-refractivity contribution >= 4 is 11.6 Å². The summed E-state index contributed by atoms with van der Waals surface area (Å²) in [6.07, 6.45) is 3.55. The predicted molar refractivity (Wildman–Crippen MR) is 108 cm³/mol. The maximum Gasteiger partial charge on any atom is 0.297 e. The summed E-state index contributed by atoms with van der Waals surface area (Å²) in [5.74, 6) is 0.0846. The summed E-state index contributed by atoms with van der Waals surface area (Å²) < 4.78 is 5.44. The fourth-order valence-corrected chi connectivity index (χ4v) is 3.69. The van der Waals surface area contributed by atoms with Crippen LogP contribution in [0.1, 0.15) is 29.0 Å². The van der Waals surface area contributed by atoms with Crippen LogP contribution in [-0.2, 0) is 0 Å². The Morgan fingerprint density at radius 1 is 1.11 bits per heavy atom. The molecule has 28 heavy (non-hydrogen) atoms. The van der Waals surface area contributed by atoms with Gasteiger partial charge in [-0.3, -0.25) is 9.78 Å². The summed E-state index contributed by atoms with van der Waals surface area (Å²) in [6, 6.07) is 15.4. The SMILES string of the molecule is Cc1ccccc1N(C(=O)c1cc(-c2ccccn2)no1)C1CCN(C)CC1. The third kappa shape index (κ3) is 3.68. The molecule has 0 radical (unpaired) electrons. The van der Waals surface area contributed by atoms with Gasteiger partial charge in [-0.15, -0.1) is 0 Å². The molecule has 1 aliphatic heterocycles. The van der Waals surface area contributed by atoms with Gasteiger partial charge in [0.15, 0.2) is 0 Å². The van der Waals surface area contributed by atoms with Crippen molar-refractivity contribution in [2.24, 2.45) is 0 Å². The second kappa shape index (κ2) is 7.94. The molecule has 3 aromatic rings. The number of aromatic nitrogens is 2. The molecule has 2 aromatic heterocycles. The predicted octanol–water partition coefficient (Wildman–Crippen LogP) is 3.79. The molecular weight excluding hydrogens is 352 g/mol. The molecule has 1 saturated heterocycles. The highest BCUT2D eigenvalue weighted by atomic mass is 16.5. The molecule has 1 amide bonds. The van der Waals surface area contributed by atoms with Crippen LogP contribution >= 0.6 is 0 Å². The minimum absolute atomic E-state index is 0.133. The van der Waals surface area contributed by atoms with Crippen molar-refractivity contribution in [3.63, 3.8) is 0 Å². The summed E-state index contributed by atoms with van der Waals surface area (Å²) in [5, 5.41) is 4.07. The minimum Gasteiger partial charge on any atom is -0.350 e. The van der Waals surface area contributed by atoms with Crippen LogP contribution < -0.4 is 4.90 Å². The lowest BCUT2D eigenvalue weighted by atomic mass is 10.0. The van der Waals surface area contributed by atoms with E-state index in [0.717, 1.165) is 37.2 Å². The molecule has 0 N–H and O–H groups in total. The zero-order valence-corrected chi connectivity index (χ0v) is 16.2. The van der Waals surface area contributed by atoms with Gasteiger partial charge in [0.1, 0.15) is 5.69 Å². The Morgan fingerprint density at radius 2 is 1.86 bits per heavy atom. The molecule has 0 unspecified atom stereocenters. The number of carbonyl (C=O) groups is 1. The van der Waals surface area contributed by atoms with E-state index >= 15 is 0 Å². The summed E-state index contributed by atoms with van der Waals surface area (Å²) in [4.78, 5) is 22.0. The molecular formula is C22H24N4O2. The van der Waals surface area contributed by atoms with Gasteiger partial charge in [0.05, 0.1) is 5.69 Å². The largest absolute Gasteiger partial charge is 0.350 e. The molecule has 0 bridgehead atoms. The molecule has 0 saturated carbocycles. The number of rotatable bonds is 4. The highest BCUT2D eigenvalue weighted by Crippen LogP contribution is 2.29. The summed E-state index contributed by atoms with van der Waals surface area (Å²) >= 11 is 0. The van der Waals surface area contributed by atoms with Crippen LogP contribution in [0, 0.1) is 6.92 Å². The number of benzene rings is 1. The van der Waals surface area contributed by atoms with E-state index in [2.05, 4.69) is 22.1 Å². The zero-order valence-electron chi connectivity index (χ0n) is 16.2. The molecule has 6 nitrogen and oxygen atoms in total. The first-order valence-corrected chi connectivity index (χ1v) is 9.59. The number of aryl methyl sites for hydroxylation is 1. The minimum atomic E-state index is -0.154. The Balaban J connectivity index is 1.67. The molecule has 1 aliphatic rings. The quantitative estimate of drug-likeness (QED) is 0.693. The normalized spacial score (nSPS) is 15.5. The second-order valence-electron chi connectivity index (χ2n) is 7.29. The number of likely N-dealkylation sites (tertiary alicyclic amines) is 1. The molecule has 0 spiro atoms. The van der Waals surface area contributed by atoms with Crippen LogP contribution in [0.2, 0.25) is 0 Å². The Kier molecular flexibility index (Phi) is 5.21. The van der Waals surface area contributed by atoms with Crippen LogP contribution in [0.4, 0.5) is 5.69 Å². The van der Waals surface area contributed by atoms with Gasteiger partial charge in [-0.2, -0.15) is 0 Å². The van der Waals surface area contributed by atoms with Crippen LogP contribution in [0.5, 0.6) is 0 Å². The number of hydrogen-bond donors (Lipinski definition) is 0. The monoisotopic (exact) mass is 376 g/mol. The maximum atomic E-state index is 13.5. The molecule has 4 rings (SSSR count). The van der Waals surface area contributed by atoms with E-state index in [9.17, 15) is 4.79 Å². The maximum absolute atomic E-state index is 13.5. The van der Waals surface area contributed by atoms with Crippen LogP contribution in [0.15, 0.2) is 59.3 Å². The van der Waals surface area contributed by atoms with E-state index in [4.69, 9.17) is 4.52 Å². The van der Waals surface area contributed by atoms with Gasteiger partial charge in [-0.25, -0.2) is 0 Å². The van der Waals surface area contributed by atoms with E-state index in [0.29, 0.717) is 11.4 Å². The first kappa shape index (κ1) is 18.4. The van der Waals surface area contributed by atoms with Gasteiger partial charge in [-0.05, 0) is 63.7 Å². The van der Waals surface area contributed by atoms with E-state index in [-0.39, 0.29) is 17.7 Å². The van der Waals surface area contributed by atoms with Crippen molar-refractivity contribution in [1.82, 2.24) is 15.0 Å². The Bertz CT molecular complexity index is 946. The lowest BCUT2D eigenvalue weighted by Crippen LogP contribution is -2.47. The van der Waals surface area contributed by atoms with Gasteiger partial charge in [0, 0.05) is 24.0 Å². The molecule has 6 heteroatoms. The number of amides is 1. The fraction of sp³-hybridized carbons (Fsp3) is 0.318. The summed E-state index contributed by atoms with van der Waals surface area (Å²) in [6.45, 7) is 3.97. The smallest absolute Gasteiger partial charge is 0.297 e. The van der Waals surface area contributed by atoms with Crippen molar-refractivity contribution in [2.45, 2.75) is 25.8 Å². The van der Waals surface area contributed by atoms with Gasteiger partial charge >= 0.3 is 0 Å². The van der Waals surface area contributed by atoms with Crippen molar-refractivity contribution in [3.8, 4) is 11.4 Å². The van der Waals surface area contributed by atoms with Crippen LogP contribution in [0.25, 0.3) is 11.4 Å². The van der Waals surface area contributed by atoms with E-state index in [1.807, 2.05) is 54.3 Å². The highest BCUT2D eigenvalue weighted by molar-refractivity contribution is 6.05. The lowest BCUT2D eigenvalue weighted by Gasteiger charge is -2.37. The van der Waals surface area contributed by atoms with Crippen molar-refractivity contribution in [2.75, 3.05) is 25.0 Å². The molecule has 0 atom stereocenters. The lowest BCUT2D eigenvalue weighted by molar-refractivity contribution is 0.0927. The van der Waals surface area contributed by atoms with Crippen LogP contribution in [0.3, 0.4) is 0 Å². The molecule has 1 fully saturated rings. The number of pyridine rings is 1. The zero-order chi connectivity index (χ0) is 19.5. The fourth-order valence-electron chi connectivity index (χ4n) is 3.69. The first-order chi connectivity index (χ1) is 13.6. The van der Waals surface area contributed by atoms with Crippen molar-refractivity contribution in [3.05, 3.63) is 66.1 Å². The molecule has 0 aliphatic carbocycles. The van der Waals surface area contributed by atoms with Crippen molar-refractivity contribution < 1.29 is 9.32 Å². The Morgan fingerprint density at radius 3 is 2.57 bits per heavy atom. The molecule has 1 aromatic carbocycles. The van der Waals surface area contributed by atoms with E-state index in [1.54, 1.807) is 12.3 Å². The van der Waals surface area contributed by atoms with Crippen LogP contribution in [-0.4, -0.2) is 47.1 Å². The Labute approximate surface area is 164 Å². The third-order valence-electron chi connectivity index (χ3n) is 5.30. The van der Waals surface area contributed by atoms with Gasteiger partial charge in [-0.1, -0.05) is 29.4 Å². The Hall–Kier alpha value is -2.99. The van der Waals surface area contributed by atoms with Gasteiger partial charge in [0.25, 0.3) is 5.91 Å². The number of piperidine rings is 1. The molecule has 144 valence electrons.